The Balaban J connectivity index is 1.84. The second kappa shape index (κ2) is 6.45. The summed E-state index contributed by atoms with van der Waals surface area (Å²) < 4.78 is 8.09. The van der Waals surface area contributed by atoms with Crippen molar-refractivity contribution in [2.24, 2.45) is 5.92 Å². The molecule has 0 aliphatic carbocycles. The molecule has 0 aliphatic rings. The Labute approximate surface area is 143 Å². The van der Waals surface area contributed by atoms with Gasteiger partial charge in [-0.1, -0.05) is 13.8 Å². The van der Waals surface area contributed by atoms with Gasteiger partial charge < -0.3 is 9.64 Å². The maximum atomic E-state index is 12.2. The van der Waals surface area contributed by atoms with Crippen molar-refractivity contribution in [1.29, 1.82) is 0 Å². The Morgan fingerprint density at radius 2 is 2.22 bits per heavy atom. The summed E-state index contributed by atoms with van der Waals surface area (Å²) in [6.45, 7) is 7.01. The third-order valence-corrected chi connectivity index (χ3v) is 5.42. The molecular weight excluding hydrogens is 328 g/mol. The van der Waals surface area contributed by atoms with E-state index in [0.29, 0.717) is 5.92 Å². The molecule has 122 valence electrons. The number of amides is 1. The van der Waals surface area contributed by atoms with Gasteiger partial charge in [0.1, 0.15) is 5.75 Å². The van der Waals surface area contributed by atoms with Gasteiger partial charge in [0.2, 0.25) is 0 Å². The molecule has 0 atom stereocenters. The molecular formula is C17H20N2O2S2. The summed E-state index contributed by atoms with van der Waals surface area (Å²) in [4.78, 5) is 18.5. The summed E-state index contributed by atoms with van der Waals surface area (Å²) in [5, 5.41) is 4.12. The largest absolute Gasteiger partial charge is 0.483 e. The summed E-state index contributed by atoms with van der Waals surface area (Å²) in [5.74, 6) is 1.22. The number of hydrogen-bond acceptors (Lipinski definition) is 5. The molecule has 0 aliphatic heterocycles. The predicted molar refractivity (Wildman–Crippen MR) is 97.7 cm³/mol. The van der Waals surface area contributed by atoms with Crippen LogP contribution in [0.5, 0.6) is 5.75 Å². The number of benzene rings is 1. The van der Waals surface area contributed by atoms with E-state index in [0.717, 1.165) is 37.6 Å². The summed E-state index contributed by atoms with van der Waals surface area (Å²) in [6, 6.07) is 4.04. The first-order valence-corrected chi connectivity index (χ1v) is 9.29. The van der Waals surface area contributed by atoms with Gasteiger partial charge in [-0.15, -0.1) is 22.7 Å². The van der Waals surface area contributed by atoms with Crippen molar-refractivity contribution in [3.63, 3.8) is 0 Å². The minimum atomic E-state index is 0.00246. The van der Waals surface area contributed by atoms with E-state index in [1.807, 2.05) is 31.5 Å². The first kappa shape index (κ1) is 16.2. The molecule has 23 heavy (non-hydrogen) atoms. The van der Waals surface area contributed by atoms with Gasteiger partial charge in [-0.25, -0.2) is 4.98 Å². The maximum absolute atomic E-state index is 12.2. The Hall–Kier alpha value is -1.66. The Morgan fingerprint density at radius 3 is 2.96 bits per heavy atom. The molecule has 6 heteroatoms. The fraction of sp³-hybridized carbons (Fsp3) is 0.412. The molecule has 1 amide bonds. The van der Waals surface area contributed by atoms with Gasteiger partial charge in [-0.05, 0) is 24.3 Å². The number of thiophene rings is 1. The van der Waals surface area contributed by atoms with Crippen LogP contribution >= 0.6 is 22.7 Å². The topological polar surface area (TPSA) is 42.4 Å². The minimum absolute atomic E-state index is 0.00246. The first-order chi connectivity index (χ1) is 11.0. The lowest BCUT2D eigenvalue weighted by atomic mass is 10.2. The Morgan fingerprint density at radius 1 is 1.43 bits per heavy atom. The second-order valence-electron chi connectivity index (χ2n) is 6.07. The van der Waals surface area contributed by atoms with Crippen LogP contribution in [0.4, 0.5) is 0 Å². The van der Waals surface area contributed by atoms with E-state index in [2.05, 4.69) is 18.8 Å². The van der Waals surface area contributed by atoms with Crippen molar-refractivity contribution < 1.29 is 9.53 Å². The standard InChI is InChI=1S/C17H20N2O2S2/c1-10(2)8-19(4)15(20)9-21-13-7-14-16(18-11(3)23-14)17-12(13)5-6-22-17/h5-7,10H,8-9H2,1-4H3. The van der Waals surface area contributed by atoms with E-state index < -0.39 is 0 Å². The van der Waals surface area contributed by atoms with E-state index in [4.69, 9.17) is 4.74 Å². The number of likely N-dealkylation sites (N-methyl/N-ethyl adjacent to an activating group) is 1. The first-order valence-electron chi connectivity index (χ1n) is 7.60. The van der Waals surface area contributed by atoms with Crippen LogP contribution in [0.15, 0.2) is 17.5 Å². The molecule has 2 aromatic heterocycles. The van der Waals surface area contributed by atoms with E-state index in [-0.39, 0.29) is 12.5 Å². The molecule has 3 aromatic rings. The van der Waals surface area contributed by atoms with E-state index in [9.17, 15) is 4.79 Å². The van der Waals surface area contributed by atoms with Crippen LogP contribution in [-0.4, -0.2) is 36.0 Å². The van der Waals surface area contributed by atoms with Crippen LogP contribution in [0.3, 0.4) is 0 Å². The van der Waals surface area contributed by atoms with Gasteiger partial charge in [-0.3, -0.25) is 4.79 Å². The summed E-state index contributed by atoms with van der Waals surface area (Å²) in [6.07, 6.45) is 0. The number of hydrogen-bond donors (Lipinski definition) is 0. The van der Waals surface area contributed by atoms with Gasteiger partial charge >= 0.3 is 0 Å². The quantitative estimate of drug-likeness (QED) is 0.690. The summed E-state index contributed by atoms with van der Waals surface area (Å²) in [7, 11) is 1.82. The van der Waals surface area contributed by atoms with Crippen LogP contribution in [0, 0.1) is 12.8 Å². The zero-order chi connectivity index (χ0) is 16.6. The average molecular weight is 348 g/mol. The van der Waals surface area contributed by atoms with Gasteiger partial charge in [-0.2, -0.15) is 0 Å². The van der Waals surface area contributed by atoms with E-state index >= 15 is 0 Å². The highest BCUT2D eigenvalue weighted by molar-refractivity contribution is 7.21. The average Bonchev–Trinajstić information content (AvgIpc) is 3.08. The lowest BCUT2D eigenvalue weighted by Gasteiger charge is -2.19. The normalized spacial score (nSPS) is 11.5. The number of nitrogens with zero attached hydrogens (tertiary/aromatic N) is 2. The highest BCUT2D eigenvalue weighted by Crippen LogP contribution is 2.38. The Kier molecular flexibility index (Phi) is 4.55. The molecule has 0 saturated carbocycles. The number of carbonyl (C=O) groups excluding carboxylic acids is 1. The molecule has 4 nitrogen and oxygen atoms in total. The van der Waals surface area contributed by atoms with Crippen LogP contribution in [-0.2, 0) is 4.79 Å². The Bertz CT molecular complexity index is 851. The van der Waals surface area contributed by atoms with Crippen molar-refractivity contribution in [1.82, 2.24) is 9.88 Å². The number of fused-ring (bicyclic) bond motifs is 3. The number of thiazole rings is 1. The zero-order valence-electron chi connectivity index (χ0n) is 13.8. The maximum Gasteiger partial charge on any atom is 0.260 e. The zero-order valence-corrected chi connectivity index (χ0v) is 15.4. The fourth-order valence-corrected chi connectivity index (χ4v) is 4.44. The van der Waals surface area contributed by atoms with Gasteiger partial charge in [0.25, 0.3) is 5.91 Å². The monoisotopic (exact) mass is 348 g/mol. The van der Waals surface area contributed by atoms with Crippen molar-refractivity contribution in [3.8, 4) is 5.75 Å². The highest BCUT2D eigenvalue weighted by Gasteiger charge is 2.15. The van der Waals surface area contributed by atoms with Crippen molar-refractivity contribution in [3.05, 3.63) is 22.5 Å². The van der Waals surface area contributed by atoms with Crippen molar-refractivity contribution in [2.75, 3.05) is 20.2 Å². The number of aryl methyl sites for hydroxylation is 1. The van der Waals surface area contributed by atoms with Crippen LogP contribution in [0.2, 0.25) is 0 Å². The molecule has 0 spiro atoms. The number of aromatic nitrogens is 1. The minimum Gasteiger partial charge on any atom is -0.483 e. The van der Waals surface area contributed by atoms with E-state index in [1.165, 1.54) is 0 Å². The summed E-state index contributed by atoms with van der Waals surface area (Å²) in [5.41, 5.74) is 1.04. The number of ether oxygens (including phenoxy) is 1. The third kappa shape index (κ3) is 3.33. The number of rotatable bonds is 5. The van der Waals surface area contributed by atoms with Gasteiger partial charge in [0.15, 0.2) is 6.61 Å². The smallest absolute Gasteiger partial charge is 0.260 e. The fourth-order valence-electron chi connectivity index (χ4n) is 2.61. The molecule has 2 heterocycles. The van der Waals surface area contributed by atoms with Gasteiger partial charge in [0.05, 0.1) is 19.9 Å². The predicted octanol–water partition coefficient (Wildman–Crippen LogP) is 4.31. The van der Waals surface area contributed by atoms with Crippen LogP contribution in [0.25, 0.3) is 20.3 Å². The lowest BCUT2D eigenvalue weighted by molar-refractivity contribution is -0.132. The second-order valence-corrected chi connectivity index (χ2v) is 8.23. The van der Waals surface area contributed by atoms with Crippen molar-refractivity contribution in [2.45, 2.75) is 20.8 Å². The molecule has 0 saturated heterocycles. The molecule has 1 aromatic carbocycles. The van der Waals surface area contributed by atoms with Gasteiger partial charge in [0, 0.05) is 25.0 Å². The molecule has 0 fully saturated rings. The number of carbonyl (C=O) groups is 1. The molecule has 3 rings (SSSR count). The molecule has 0 bridgehead atoms. The summed E-state index contributed by atoms with van der Waals surface area (Å²) >= 11 is 3.32. The highest BCUT2D eigenvalue weighted by atomic mass is 32.1. The molecule has 0 unspecified atom stereocenters. The lowest BCUT2D eigenvalue weighted by Crippen LogP contribution is -2.34. The third-order valence-electron chi connectivity index (χ3n) is 3.58. The van der Waals surface area contributed by atoms with E-state index in [1.54, 1.807) is 27.6 Å². The van der Waals surface area contributed by atoms with Crippen LogP contribution < -0.4 is 4.74 Å². The molecule has 0 radical (unpaired) electrons. The van der Waals surface area contributed by atoms with Crippen molar-refractivity contribution >= 4 is 48.9 Å². The van der Waals surface area contributed by atoms with Crippen LogP contribution in [0.1, 0.15) is 18.9 Å². The molecule has 0 N–H and O–H groups in total. The SMILES string of the molecule is Cc1nc2c(cc(OCC(=O)N(C)CC(C)C)c3ccsc32)s1.